The number of nitrogens with zero attached hydrogens (tertiary/aromatic N) is 2. The highest BCUT2D eigenvalue weighted by atomic mass is 35.5. The van der Waals surface area contributed by atoms with Gasteiger partial charge in [0.15, 0.2) is 0 Å². The van der Waals surface area contributed by atoms with Gasteiger partial charge < -0.3 is 9.64 Å². The molecule has 33 heavy (non-hydrogen) atoms. The van der Waals surface area contributed by atoms with Crippen LogP contribution in [0.25, 0.3) is 0 Å². The van der Waals surface area contributed by atoms with E-state index in [4.69, 9.17) is 16.3 Å². The number of ether oxygens (including phenoxy) is 1. The van der Waals surface area contributed by atoms with Crippen molar-refractivity contribution in [3.8, 4) is 0 Å². The Morgan fingerprint density at radius 3 is 2.42 bits per heavy atom. The maximum absolute atomic E-state index is 13.5. The molecule has 0 N–H and O–H groups in total. The Morgan fingerprint density at radius 1 is 1.00 bits per heavy atom. The number of aryl methyl sites for hydroxylation is 1. The highest BCUT2D eigenvalue weighted by Crippen LogP contribution is 2.24. The maximum atomic E-state index is 13.5. The number of amides is 1. The predicted octanol–water partition coefficient (Wildman–Crippen LogP) is 5.50. The Labute approximate surface area is 199 Å². The van der Waals surface area contributed by atoms with Gasteiger partial charge in [-0.1, -0.05) is 59.6 Å². The van der Waals surface area contributed by atoms with Gasteiger partial charge in [-0.15, -0.1) is 0 Å². The van der Waals surface area contributed by atoms with Crippen molar-refractivity contribution >= 4 is 17.5 Å². The zero-order valence-corrected chi connectivity index (χ0v) is 19.5. The lowest BCUT2D eigenvalue weighted by atomic mass is 10.1. The molecule has 4 nitrogen and oxygen atoms in total. The molecular weight excluding hydrogens is 439 g/mol. The van der Waals surface area contributed by atoms with E-state index in [0.29, 0.717) is 30.3 Å². The summed E-state index contributed by atoms with van der Waals surface area (Å²) in [5.74, 6) is -0.518. The zero-order valence-electron chi connectivity index (χ0n) is 18.7. The fraction of sp³-hybridized carbons (Fsp3) is 0.296. The van der Waals surface area contributed by atoms with Gasteiger partial charge >= 0.3 is 0 Å². The molecule has 0 saturated carbocycles. The quantitative estimate of drug-likeness (QED) is 0.460. The van der Waals surface area contributed by atoms with Crippen LogP contribution in [0.4, 0.5) is 4.39 Å². The minimum Gasteiger partial charge on any atom is -0.368 e. The number of hydrogen-bond acceptors (Lipinski definition) is 3. The molecule has 1 aliphatic rings. The van der Waals surface area contributed by atoms with Gasteiger partial charge in [0, 0.05) is 43.3 Å². The van der Waals surface area contributed by atoms with Crippen LogP contribution in [-0.4, -0.2) is 48.4 Å². The molecule has 1 atom stereocenters. The predicted molar refractivity (Wildman–Crippen MR) is 129 cm³/mol. The van der Waals surface area contributed by atoms with E-state index in [9.17, 15) is 9.18 Å². The number of carbonyl (C=O) groups is 1. The summed E-state index contributed by atoms with van der Waals surface area (Å²) >= 11 is 6.09. The van der Waals surface area contributed by atoms with Crippen LogP contribution in [0.2, 0.25) is 5.02 Å². The minimum absolute atomic E-state index is 0.117. The smallest absolute Gasteiger partial charge is 0.254 e. The zero-order chi connectivity index (χ0) is 23.2. The van der Waals surface area contributed by atoms with E-state index in [1.807, 2.05) is 30.3 Å². The van der Waals surface area contributed by atoms with Crippen molar-refractivity contribution < 1.29 is 13.9 Å². The molecule has 1 fully saturated rings. The first-order valence-electron chi connectivity index (χ1n) is 11.2. The van der Waals surface area contributed by atoms with Crippen LogP contribution in [0, 0.1) is 12.7 Å². The lowest BCUT2D eigenvalue weighted by molar-refractivity contribution is 0.00341. The Bertz CT molecular complexity index is 1080. The molecular formula is C27H28ClFN2O2. The van der Waals surface area contributed by atoms with Gasteiger partial charge in [-0.05, 0) is 48.4 Å². The van der Waals surface area contributed by atoms with E-state index in [1.54, 1.807) is 17.0 Å². The average Bonchev–Trinajstić information content (AvgIpc) is 2.82. The van der Waals surface area contributed by atoms with E-state index in [1.165, 1.54) is 17.7 Å². The SMILES string of the molecule is Cc1cccc(CO[C@H](CN2CCN(C(=O)c3cccc(F)c3)CC2)c2ccc(Cl)cc2)c1. The number of halogens is 2. The van der Waals surface area contributed by atoms with Crippen LogP contribution in [0.3, 0.4) is 0 Å². The Morgan fingerprint density at radius 2 is 1.73 bits per heavy atom. The van der Waals surface area contributed by atoms with Gasteiger partial charge in [-0.3, -0.25) is 9.69 Å². The lowest BCUT2D eigenvalue weighted by Gasteiger charge is -2.36. The van der Waals surface area contributed by atoms with Gasteiger partial charge in [0.2, 0.25) is 0 Å². The highest BCUT2D eigenvalue weighted by molar-refractivity contribution is 6.30. The van der Waals surface area contributed by atoms with E-state index in [2.05, 4.69) is 30.0 Å². The standard InChI is InChI=1S/C27H28ClFN2O2/c1-20-4-2-5-21(16-20)19-33-26(22-8-10-24(28)11-9-22)18-30-12-14-31(15-13-30)27(32)23-6-3-7-25(29)17-23/h2-11,16-17,26H,12-15,18-19H2,1H3/t26-/m1/s1. The van der Waals surface area contributed by atoms with Gasteiger partial charge in [0.05, 0.1) is 12.7 Å². The van der Waals surface area contributed by atoms with Crippen molar-refractivity contribution in [2.45, 2.75) is 19.6 Å². The first kappa shape index (κ1) is 23.4. The van der Waals surface area contributed by atoms with Crippen molar-refractivity contribution in [2.75, 3.05) is 32.7 Å². The van der Waals surface area contributed by atoms with Crippen molar-refractivity contribution in [1.29, 1.82) is 0 Å². The molecule has 1 aliphatic heterocycles. The van der Waals surface area contributed by atoms with E-state index >= 15 is 0 Å². The third kappa shape index (κ3) is 6.41. The molecule has 1 amide bonds. The molecule has 0 aromatic heterocycles. The van der Waals surface area contributed by atoms with Crippen LogP contribution in [-0.2, 0) is 11.3 Å². The van der Waals surface area contributed by atoms with Crippen LogP contribution in [0.1, 0.15) is 33.2 Å². The van der Waals surface area contributed by atoms with E-state index < -0.39 is 5.82 Å². The van der Waals surface area contributed by atoms with Crippen LogP contribution in [0.15, 0.2) is 72.8 Å². The number of hydrogen-bond donors (Lipinski definition) is 0. The minimum atomic E-state index is -0.393. The number of piperazine rings is 1. The van der Waals surface area contributed by atoms with E-state index in [-0.39, 0.29) is 12.0 Å². The van der Waals surface area contributed by atoms with Crippen molar-refractivity contribution in [3.05, 3.63) is 106 Å². The molecule has 172 valence electrons. The average molecular weight is 467 g/mol. The first-order valence-corrected chi connectivity index (χ1v) is 11.6. The summed E-state index contributed by atoms with van der Waals surface area (Å²) in [5, 5.41) is 0.695. The molecule has 4 rings (SSSR count). The summed E-state index contributed by atoms with van der Waals surface area (Å²) in [5.41, 5.74) is 3.81. The molecule has 0 radical (unpaired) electrons. The number of benzene rings is 3. The number of carbonyl (C=O) groups excluding carboxylic acids is 1. The van der Waals surface area contributed by atoms with Gasteiger partial charge in [0.25, 0.3) is 5.91 Å². The van der Waals surface area contributed by atoms with Crippen molar-refractivity contribution in [1.82, 2.24) is 9.80 Å². The fourth-order valence-electron chi connectivity index (χ4n) is 4.10. The first-order chi connectivity index (χ1) is 16.0. The van der Waals surface area contributed by atoms with Crippen molar-refractivity contribution in [2.24, 2.45) is 0 Å². The summed E-state index contributed by atoms with van der Waals surface area (Å²) in [6.45, 7) is 5.98. The summed E-state index contributed by atoms with van der Waals surface area (Å²) in [7, 11) is 0. The van der Waals surface area contributed by atoms with Crippen LogP contribution >= 0.6 is 11.6 Å². The monoisotopic (exact) mass is 466 g/mol. The van der Waals surface area contributed by atoms with Gasteiger partial charge in [-0.2, -0.15) is 0 Å². The third-order valence-corrected chi connectivity index (χ3v) is 6.18. The van der Waals surface area contributed by atoms with Gasteiger partial charge in [0.1, 0.15) is 5.82 Å². The van der Waals surface area contributed by atoms with Crippen molar-refractivity contribution in [3.63, 3.8) is 0 Å². The molecule has 0 bridgehead atoms. The summed E-state index contributed by atoms with van der Waals surface area (Å²) < 4.78 is 19.9. The maximum Gasteiger partial charge on any atom is 0.254 e. The Hall–Kier alpha value is -2.73. The molecule has 6 heteroatoms. The molecule has 0 unspecified atom stereocenters. The second-order valence-corrected chi connectivity index (χ2v) is 8.88. The lowest BCUT2D eigenvalue weighted by Crippen LogP contribution is -2.49. The summed E-state index contributed by atoms with van der Waals surface area (Å²) in [6, 6.07) is 22.0. The molecule has 3 aromatic rings. The summed E-state index contributed by atoms with van der Waals surface area (Å²) in [6.07, 6.45) is -0.117. The van der Waals surface area contributed by atoms with Crippen LogP contribution < -0.4 is 0 Å². The van der Waals surface area contributed by atoms with Crippen LogP contribution in [0.5, 0.6) is 0 Å². The highest BCUT2D eigenvalue weighted by Gasteiger charge is 2.25. The molecule has 0 aliphatic carbocycles. The molecule has 3 aromatic carbocycles. The second kappa shape index (κ2) is 10.9. The normalized spacial score (nSPS) is 15.4. The largest absolute Gasteiger partial charge is 0.368 e. The second-order valence-electron chi connectivity index (χ2n) is 8.44. The number of rotatable bonds is 7. The van der Waals surface area contributed by atoms with E-state index in [0.717, 1.165) is 30.8 Å². The Balaban J connectivity index is 1.39. The summed E-state index contributed by atoms with van der Waals surface area (Å²) in [4.78, 5) is 16.8. The molecule has 1 saturated heterocycles. The van der Waals surface area contributed by atoms with Gasteiger partial charge in [-0.25, -0.2) is 4.39 Å². The molecule has 0 spiro atoms. The third-order valence-electron chi connectivity index (χ3n) is 5.93. The topological polar surface area (TPSA) is 32.8 Å². The fourth-order valence-corrected chi connectivity index (χ4v) is 4.23. The Kier molecular flexibility index (Phi) is 7.76. The molecule has 1 heterocycles.